The van der Waals surface area contributed by atoms with Crippen molar-refractivity contribution in [3.8, 4) is 17.2 Å². The molecule has 0 radical (unpaired) electrons. The van der Waals surface area contributed by atoms with Crippen LogP contribution in [-0.4, -0.2) is 60.0 Å². The lowest BCUT2D eigenvalue weighted by molar-refractivity contribution is -0.119. The fourth-order valence-electron chi connectivity index (χ4n) is 4.24. The first kappa shape index (κ1) is 24.0. The number of primary amides is 1. The van der Waals surface area contributed by atoms with Gasteiger partial charge in [-0.05, 0) is 55.4 Å². The van der Waals surface area contributed by atoms with Gasteiger partial charge >= 0.3 is 0 Å². The molecule has 8 heteroatoms. The highest BCUT2D eigenvalue weighted by Gasteiger charge is 2.29. The summed E-state index contributed by atoms with van der Waals surface area (Å²) in [5.41, 5.74) is 8.88. The van der Waals surface area contributed by atoms with E-state index >= 15 is 0 Å². The number of carbonyl (C=O) groups excluding carboxylic acids is 1. The first-order valence-electron chi connectivity index (χ1n) is 11.3. The SMILES string of the molecule is CC(C)C[C@@H](C(N)=O)N(CC#N)c1nscc1-c1ccc(N2CCN(C(C)C)CC2)cc1. The molecule has 2 N–H and O–H groups in total. The molecule has 1 aromatic carbocycles. The molecule has 0 aliphatic carbocycles. The van der Waals surface area contributed by atoms with Gasteiger partial charge in [0.05, 0.1) is 6.07 Å². The number of nitrogens with two attached hydrogens (primary N) is 1. The van der Waals surface area contributed by atoms with Gasteiger partial charge in [-0.25, -0.2) is 0 Å². The van der Waals surface area contributed by atoms with Crippen LogP contribution in [0.5, 0.6) is 0 Å². The van der Waals surface area contributed by atoms with Crippen molar-refractivity contribution >= 4 is 28.9 Å². The Balaban J connectivity index is 1.82. The van der Waals surface area contributed by atoms with E-state index in [1.165, 1.54) is 17.2 Å². The molecule has 1 saturated heterocycles. The minimum atomic E-state index is -0.563. The lowest BCUT2D eigenvalue weighted by Gasteiger charge is -2.38. The molecule has 0 unspecified atom stereocenters. The van der Waals surface area contributed by atoms with Crippen LogP contribution in [0.25, 0.3) is 11.1 Å². The summed E-state index contributed by atoms with van der Waals surface area (Å²) in [7, 11) is 0. The number of nitriles is 1. The average molecular weight is 455 g/mol. The molecule has 1 aliphatic heterocycles. The molecule has 1 amide bonds. The topological polar surface area (TPSA) is 89.5 Å². The van der Waals surface area contributed by atoms with Gasteiger partial charge in [-0.2, -0.15) is 9.64 Å². The number of anilines is 2. The summed E-state index contributed by atoms with van der Waals surface area (Å²) in [6.45, 7) is 12.8. The van der Waals surface area contributed by atoms with Gasteiger partial charge in [-0.1, -0.05) is 26.0 Å². The minimum absolute atomic E-state index is 0.0648. The molecule has 1 fully saturated rings. The maximum absolute atomic E-state index is 12.2. The van der Waals surface area contributed by atoms with Crippen molar-refractivity contribution < 1.29 is 4.79 Å². The van der Waals surface area contributed by atoms with E-state index in [-0.39, 0.29) is 12.5 Å². The third-order valence-corrected chi connectivity index (χ3v) is 6.67. The normalized spacial score (nSPS) is 15.7. The fourth-order valence-corrected chi connectivity index (χ4v) is 4.94. The van der Waals surface area contributed by atoms with E-state index in [2.05, 4.69) is 58.4 Å². The molecule has 3 rings (SSSR count). The molecule has 1 aliphatic rings. The molecular formula is C24H34N6OS. The number of piperazine rings is 1. The highest BCUT2D eigenvalue weighted by atomic mass is 32.1. The summed E-state index contributed by atoms with van der Waals surface area (Å²) in [5.74, 6) is 0.495. The van der Waals surface area contributed by atoms with Gasteiger partial charge in [-0.3, -0.25) is 9.69 Å². The molecule has 0 spiro atoms. The molecule has 1 aromatic heterocycles. The number of rotatable bonds is 9. The molecule has 2 aromatic rings. The number of aromatic nitrogens is 1. The number of hydrogen-bond donors (Lipinski definition) is 1. The maximum atomic E-state index is 12.2. The number of hydrogen-bond acceptors (Lipinski definition) is 7. The Hall–Kier alpha value is -2.63. The Bertz CT molecular complexity index is 925. The summed E-state index contributed by atoms with van der Waals surface area (Å²) in [6.07, 6.45) is 0.579. The van der Waals surface area contributed by atoms with Crippen LogP contribution in [0.4, 0.5) is 11.5 Å². The smallest absolute Gasteiger partial charge is 0.240 e. The van der Waals surface area contributed by atoms with Crippen molar-refractivity contribution in [1.82, 2.24) is 9.27 Å². The van der Waals surface area contributed by atoms with E-state index in [0.717, 1.165) is 37.3 Å². The lowest BCUT2D eigenvalue weighted by atomic mass is 10.0. The van der Waals surface area contributed by atoms with Crippen molar-refractivity contribution in [3.05, 3.63) is 29.6 Å². The number of nitrogens with zero attached hydrogens (tertiary/aromatic N) is 5. The molecule has 0 saturated carbocycles. The van der Waals surface area contributed by atoms with E-state index in [4.69, 9.17) is 5.73 Å². The van der Waals surface area contributed by atoms with Crippen LogP contribution in [-0.2, 0) is 4.79 Å². The van der Waals surface area contributed by atoms with Gasteiger partial charge in [0.15, 0.2) is 5.82 Å². The quantitative estimate of drug-likeness (QED) is 0.583. The monoisotopic (exact) mass is 454 g/mol. The molecule has 0 bridgehead atoms. The van der Waals surface area contributed by atoms with Crippen LogP contribution in [0.1, 0.15) is 34.1 Å². The lowest BCUT2D eigenvalue weighted by Crippen LogP contribution is -2.48. The highest BCUT2D eigenvalue weighted by Crippen LogP contribution is 2.34. The second kappa shape index (κ2) is 10.8. The molecule has 172 valence electrons. The van der Waals surface area contributed by atoms with Gasteiger partial charge in [-0.15, -0.1) is 0 Å². The summed E-state index contributed by atoms with van der Waals surface area (Å²) in [6, 6.07) is 10.7. The second-order valence-corrected chi connectivity index (χ2v) is 9.68. The molecule has 32 heavy (non-hydrogen) atoms. The Morgan fingerprint density at radius 1 is 1.19 bits per heavy atom. The van der Waals surface area contributed by atoms with Crippen molar-refractivity contribution in [1.29, 1.82) is 5.26 Å². The third kappa shape index (κ3) is 5.59. The molecule has 1 atom stereocenters. The largest absolute Gasteiger partial charge is 0.369 e. The predicted octanol–water partition coefficient (Wildman–Crippen LogP) is 3.57. The zero-order valence-electron chi connectivity index (χ0n) is 19.5. The summed E-state index contributed by atoms with van der Waals surface area (Å²) in [4.78, 5) is 18.9. The van der Waals surface area contributed by atoms with Crippen LogP contribution in [0.2, 0.25) is 0 Å². The fraction of sp³-hybridized carbons (Fsp3) is 0.542. The molecule has 2 heterocycles. The van der Waals surface area contributed by atoms with E-state index in [0.29, 0.717) is 18.3 Å². The molecular weight excluding hydrogens is 420 g/mol. The number of carbonyl (C=O) groups is 1. The highest BCUT2D eigenvalue weighted by molar-refractivity contribution is 7.04. The van der Waals surface area contributed by atoms with Crippen LogP contribution in [0.3, 0.4) is 0 Å². The Kier molecular flexibility index (Phi) is 8.10. The van der Waals surface area contributed by atoms with E-state index in [1.807, 2.05) is 19.2 Å². The zero-order chi connectivity index (χ0) is 23.3. The standard InChI is InChI=1S/C24H34N6OS/c1-17(2)15-22(23(26)31)30(10-9-25)24-21(16-32-27-24)19-5-7-20(8-6-19)29-13-11-28(12-14-29)18(3)4/h5-8,16-18,22H,10-15H2,1-4H3,(H2,26,31)/t22-/m0/s1. The molecule has 7 nitrogen and oxygen atoms in total. The van der Waals surface area contributed by atoms with Gasteiger partial charge in [0.1, 0.15) is 12.6 Å². The summed E-state index contributed by atoms with van der Waals surface area (Å²) < 4.78 is 4.55. The first-order chi connectivity index (χ1) is 15.3. The zero-order valence-corrected chi connectivity index (χ0v) is 20.3. The van der Waals surface area contributed by atoms with Crippen molar-refractivity contribution in [2.75, 3.05) is 42.5 Å². The van der Waals surface area contributed by atoms with Crippen LogP contribution >= 0.6 is 11.5 Å². The summed E-state index contributed by atoms with van der Waals surface area (Å²) in [5, 5.41) is 11.4. The van der Waals surface area contributed by atoms with Crippen molar-refractivity contribution in [2.24, 2.45) is 11.7 Å². The summed E-state index contributed by atoms with van der Waals surface area (Å²) >= 11 is 1.33. The third-order valence-electron chi connectivity index (χ3n) is 6.05. The Morgan fingerprint density at radius 2 is 1.84 bits per heavy atom. The minimum Gasteiger partial charge on any atom is -0.369 e. The van der Waals surface area contributed by atoms with E-state index < -0.39 is 11.9 Å². The van der Waals surface area contributed by atoms with Gasteiger partial charge in [0.25, 0.3) is 0 Å². The maximum Gasteiger partial charge on any atom is 0.240 e. The Morgan fingerprint density at radius 3 is 2.38 bits per heavy atom. The van der Waals surface area contributed by atoms with Crippen molar-refractivity contribution in [3.63, 3.8) is 0 Å². The van der Waals surface area contributed by atoms with Crippen molar-refractivity contribution in [2.45, 2.75) is 46.2 Å². The van der Waals surface area contributed by atoms with Crippen LogP contribution in [0, 0.1) is 17.2 Å². The number of amides is 1. The second-order valence-electron chi connectivity index (χ2n) is 9.05. The predicted molar refractivity (Wildman–Crippen MR) is 132 cm³/mol. The average Bonchev–Trinajstić information content (AvgIpc) is 3.25. The van der Waals surface area contributed by atoms with E-state index in [9.17, 15) is 10.1 Å². The Labute approximate surface area is 195 Å². The van der Waals surface area contributed by atoms with E-state index in [1.54, 1.807) is 4.90 Å². The van der Waals surface area contributed by atoms with Gasteiger partial charge in [0.2, 0.25) is 5.91 Å². The first-order valence-corrected chi connectivity index (χ1v) is 12.1. The van der Waals surface area contributed by atoms with Gasteiger partial charge in [0, 0.05) is 48.9 Å². The van der Waals surface area contributed by atoms with Crippen LogP contribution < -0.4 is 15.5 Å². The number of benzene rings is 1. The van der Waals surface area contributed by atoms with Gasteiger partial charge < -0.3 is 15.5 Å². The van der Waals surface area contributed by atoms with Crippen LogP contribution in [0.15, 0.2) is 29.6 Å².